The van der Waals surface area contributed by atoms with Crippen LogP contribution in [0.5, 0.6) is 0 Å². The molecule has 0 saturated carbocycles. The molecule has 0 unspecified atom stereocenters. The predicted octanol–water partition coefficient (Wildman–Crippen LogP) is 5.96. The lowest BCUT2D eigenvalue weighted by Gasteiger charge is -2.20. The van der Waals surface area contributed by atoms with E-state index in [9.17, 15) is 4.39 Å². The van der Waals surface area contributed by atoms with Gasteiger partial charge in [0.15, 0.2) is 0 Å². The van der Waals surface area contributed by atoms with Gasteiger partial charge in [-0.2, -0.15) is 8.97 Å². The van der Waals surface area contributed by atoms with Crippen LogP contribution in [0.15, 0.2) is 54.8 Å². The Bertz CT molecular complexity index is 734. The van der Waals surface area contributed by atoms with Crippen molar-refractivity contribution in [1.82, 2.24) is 5.32 Å². The molecule has 0 atom stereocenters. The van der Waals surface area contributed by atoms with Gasteiger partial charge in [-0.05, 0) is 36.0 Å². The largest absolute Gasteiger partial charge is 0.280 e. The Morgan fingerprint density at radius 1 is 1.19 bits per heavy atom. The summed E-state index contributed by atoms with van der Waals surface area (Å²) in [5, 5.41) is 3.64. The fourth-order valence-electron chi connectivity index (χ4n) is 3.36. The number of halogens is 1. The average molecular weight is 356 g/mol. The van der Waals surface area contributed by atoms with E-state index >= 15 is 0 Å². The van der Waals surface area contributed by atoms with Crippen LogP contribution in [0.4, 0.5) is 4.39 Å². The molecule has 1 aromatic carbocycles. The first-order chi connectivity index (χ1) is 12.5. The van der Waals surface area contributed by atoms with E-state index in [1.807, 2.05) is 17.6 Å². The van der Waals surface area contributed by atoms with Crippen molar-refractivity contribution in [2.45, 2.75) is 65.8 Å². The minimum atomic E-state index is -0.153. The number of allylic oxidation sites excluding steroid dienone is 3. The number of nitrogens with one attached hydrogen (secondary N) is 1. The minimum absolute atomic E-state index is 0.153. The van der Waals surface area contributed by atoms with Gasteiger partial charge in [-0.1, -0.05) is 64.5 Å². The maximum atomic E-state index is 13.6. The van der Waals surface area contributed by atoms with E-state index in [1.54, 1.807) is 6.20 Å². The molecule has 3 heteroatoms. The topological polar surface area (TPSA) is 15.0 Å². The molecule has 1 aromatic rings. The van der Waals surface area contributed by atoms with E-state index in [1.165, 1.54) is 5.56 Å². The van der Waals surface area contributed by atoms with Gasteiger partial charge < -0.3 is 0 Å². The number of aryl methyl sites for hydroxylation is 1. The lowest BCUT2D eigenvalue weighted by atomic mass is 9.98. The summed E-state index contributed by atoms with van der Waals surface area (Å²) < 4.78 is 15.5. The summed E-state index contributed by atoms with van der Waals surface area (Å²) in [6.45, 7) is 12.6. The van der Waals surface area contributed by atoms with Crippen molar-refractivity contribution in [2.24, 2.45) is 0 Å². The van der Waals surface area contributed by atoms with Gasteiger partial charge in [0.25, 0.3) is 5.82 Å². The lowest BCUT2D eigenvalue weighted by Crippen LogP contribution is -2.36. The first kappa shape index (κ1) is 20.2. The van der Waals surface area contributed by atoms with Gasteiger partial charge in [0, 0.05) is 13.0 Å². The summed E-state index contributed by atoms with van der Waals surface area (Å²) in [5.41, 5.74) is 4.02. The third-order valence-electron chi connectivity index (χ3n) is 4.89. The Morgan fingerprint density at radius 2 is 1.85 bits per heavy atom. The van der Waals surface area contributed by atoms with Crippen LogP contribution in [0.25, 0.3) is 5.57 Å². The van der Waals surface area contributed by atoms with Gasteiger partial charge in [0.2, 0.25) is 5.83 Å². The SMILES string of the molecule is C=C(/C=C(/NC(CCC)CCC)[N+]1=C(C)C(F)=C1)c1ccccc1CC. The van der Waals surface area contributed by atoms with Gasteiger partial charge >= 0.3 is 0 Å². The smallest absolute Gasteiger partial charge is 0.271 e. The highest BCUT2D eigenvalue weighted by molar-refractivity contribution is 5.95. The highest BCUT2D eigenvalue weighted by Crippen LogP contribution is 2.23. The molecule has 2 rings (SSSR count). The van der Waals surface area contributed by atoms with Crippen molar-refractivity contribution in [3.63, 3.8) is 0 Å². The van der Waals surface area contributed by atoms with Crippen LogP contribution in [0, 0.1) is 0 Å². The predicted molar refractivity (Wildman–Crippen MR) is 110 cm³/mol. The van der Waals surface area contributed by atoms with Gasteiger partial charge in [0.1, 0.15) is 11.9 Å². The van der Waals surface area contributed by atoms with E-state index in [-0.39, 0.29) is 5.83 Å². The Hall–Kier alpha value is -2.16. The van der Waals surface area contributed by atoms with Gasteiger partial charge in [-0.3, -0.25) is 5.32 Å². The summed E-state index contributed by atoms with van der Waals surface area (Å²) in [6, 6.07) is 8.73. The fraction of sp³-hybridized carbons (Fsp3) is 0.435. The number of rotatable bonds is 10. The second-order valence-corrected chi connectivity index (χ2v) is 6.92. The van der Waals surface area contributed by atoms with Gasteiger partial charge in [0.05, 0.1) is 6.04 Å². The fourth-order valence-corrected chi connectivity index (χ4v) is 3.36. The minimum Gasteiger partial charge on any atom is -0.271 e. The normalized spacial score (nSPS) is 14.4. The van der Waals surface area contributed by atoms with E-state index in [4.69, 9.17) is 0 Å². The number of hydrogen-bond donors (Lipinski definition) is 1. The highest BCUT2D eigenvalue weighted by atomic mass is 19.1. The Kier molecular flexibility index (Phi) is 7.38. The third kappa shape index (κ3) is 4.72. The van der Waals surface area contributed by atoms with E-state index < -0.39 is 0 Å². The molecule has 1 heterocycles. The summed E-state index contributed by atoms with van der Waals surface area (Å²) >= 11 is 0. The molecule has 0 spiro atoms. The van der Waals surface area contributed by atoms with Crippen LogP contribution in [-0.4, -0.2) is 16.3 Å². The second kappa shape index (κ2) is 9.51. The molecule has 0 bridgehead atoms. The Balaban J connectivity index is 2.34. The molecular formula is C23H32FN2+. The summed E-state index contributed by atoms with van der Waals surface area (Å²) in [5.74, 6) is 0.756. The number of nitrogens with zero attached hydrogens (tertiary/aromatic N) is 1. The molecule has 0 saturated heterocycles. The molecule has 140 valence electrons. The Labute approximate surface area is 157 Å². The molecular weight excluding hydrogens is 323 g/mol. The van der Waals surface area contributed by atoms with Crippen molar-refractivity contribution in [3.8, 4) is 0 Å². The average Bonchev–Trinajstić information content (AvgIpc) is 2.65. The summed E-state index contributed by atoms with van der Waals surface area (Å²) in [6.07, 6.45) is 9.00. The van der Waals surface area contributed by atoms with E-state index in [2.05, 4.69) is 56.9 Å². The monoisotopic (exact) mass is 355 g/mol. The maximum absolute atomic E-state index is 13.6. The van der Waals surface area contributed by atoms with Crippen molar-refractivity contribution in [1.29, 1.82) is 0 Å². The van der Waals surface area contributed by atoms with Crippen LogP contribution >= 0.6 is 0 Å². The molecule has 0 aliphatic carbocycles. The summed E-state index contributed by atoms with van der Waals surface area (Å²) in [7, 11) is 0. The van der Waals surface area contributed by atoms with Crippen LogP contribution in [0.3, 0.4) is 0 Å². The lowest BCUT2D eigenvalue weighted by molar-refractivity contribution is -0.424. The zero-order valence-electron chi connectivity index (χ0n) is 16.6. The first-order valence-corrected chi connectivity index (χ1v) is 9.77. The molecule has 1 N–H and O–H groups in total. The molecule has 26 heavy (non-hydrogen) atoms. The third-order valence-corrected chi connectivity index (χ3v) is 4.89. The van der Waals surface area contributed by atoms with Gasteiger partial charge in [-0.15, -0.1) is 0 Å². The van der Waals surface area contributed by atoms with Crippen LogP contribution in [0.1, 0.15) is 64.5 Å². The molecule has 2 nitrogen and oxygen atoms in total. The van der Waals surface area contributed by atoms with E-state index in [0.717, 1.165) is 49.1 Å². The van der Waals surface area contributed by atoms with Crippen LogP contribution in [0.2, 0.25) is 0 Å². The number of benzene rings is 1. The summed E-state index contributed by atoms with van der Waals surface area (Å²) in [4.78, 5) is 0. The molecule has 1 aliphatic heterocycles. The van der Waals surface area contributed by atoms with Crippen molar-refractivity contribution in [2.75, 3.05) is 0 Å². The van der Waals surface area contributed by atoms with Crippen LogP contribution < -0.4 is 5.32 Å². The number of hydrogen-bond acceptors (Lipinski definition) is 1. The quantitative estimate of drug-likeness (QED) is 0.404. The van der Waals surface area contributed by atoms with Gasteiger partial charge in [-0.25, -0.2) is 0 Å². The zero-order valence-corrected chi connectivity index (χ0v) is 16.6. The van der Waals surface area contributed by atoms with Crippen molar-refractivity contribution < 1.29 is 8.97 Å². The standard InChI is InChI=1S/C23H32FN2/c1-6-11-20(12-7-2)25-23(26-16-22(24)18(26)5)15-17(4)21-14-10-9-13-19(21)8-3/h9-10,13-16,20,25H,4,6-8,11-12H2,1-3,5H3/q+1/b23-15-. The first-order valence-electron chi connectivity index (χ1n) is 9.77. The van der Waals surface area contributed by atoms with Crippen molar-refractivity contribution >= 4 is 11.3 Å². The second-order valence-electron chi connectivity index (χ2n) is 6.92. The maximum Gasteiger partial charge on any atom is 0.280 e. The molecule has 0 radical (unpaired) electrons. The van der Waals surface area contributed by atoms with Crippen molar-refractivity contribution in [3.05, 3.63) is 65.9 Å². The highest BCUT2D eigenvalue weighted by Gasteiger charge is 2.27. The molecule has 0 aromatic heterocycles. The molecule has 0 amide bonds. The zero-order chi connectivity index (χ0) is 19.1. The Morgan fingerprint density at radius 3 is 2.38 bits per heavy atom. The van der Waals surface area contributed by atoms with Crippen LogP contribution in [-0.2, 0) is 6.42 Å². The van der Waals surface area contributed by atoms with E-state index in [0.29, 0.717) is 11.8 Å². The molecule has 1 aliphatic rings. The molecule has 0 fully saturated rings.